The molecule has 1 atom stereocenters. The van der Waals surface area contributed by atoms with Crippen molar-refractivity contribution in [1.29, 1.82) is 0 Å². The van der Waals surface area contributed by atoms with Crippen molar-refractivity contribution >= 4 is 5.91 Å². The highest BCUT2D eigenvalue weighted by atomic mass is 16.5. The summed E-state index contributed by atoms with van der Waals surface area (Å²) in [7, 11) is 1.47. The molecule has 2 heterocycles. The number of methoxy groups -OCH3 is 1. The van der Waals surface area contributed by atoms with Crippen LogP contribution >= 0.6 is 0 Å². The Bertz CT molecular complexity index is 885. The van der Waals surface area contributed by atoms with Gasteiger partial charge in [-0.25, -0.2) is 0 Å². The number of fused-ring (bicyclic) bond motifs is 3. The lowest BCUT2D eigenvalue weighted by Gasteiger charge is -2.28. The molecule has 0 bridgehead atoms. The lowest BCUT2D eigenvalue weighted by atomic mass is 9.92. The Balaban J connectivity index is 2.27. The zero-order valence-electron chi connectivity index (χ0n) is 12.6. The lowest BCUT2D eigenvalue weighted by Crippen LogP contribution is -2.23. The molecule has 7 nitrogen and oxygen atoms in total. The third kappa shape index (κ3) is 2.30. The maximum absolute atomic E-state index is 12.1. The van der Waals surface area contributed by atoms with E-state index in [1.165, 1.54) is 25.4 Å². The molecule has 1 amide bonds. The van der Waals surface area contributed by atoms with Crippen LogP contribution in [-0.2, 0) is 6.42 Å². The Labute approximate surface area is 131 Å². The number of carbonyl (C=O) groups excluding carboxylic acids is 1. The lowest BCUT2D eigenvalue weighted by molar-refractivity contribution is 0.0999. The van der Waals surface area contributed by atoms with E-state index >= 15 is 0 Å². The molecule has 0 fully saturated rings. The van der Waals surface area contributed by atoms with E-state index in [9.17, 15) is 19.6 Å². The number of phenols is 1. The van der Waals surface area contributed by atoms with Crippen molar-refractivity contribution in [2.45, 2.75) is 19.4 Å². The van der Waals surface area contributed by atoms with Gasteiger partial charge in [0.1, 0.15) is 5.56 Å². The van der Waals surface area contributed by atoms with Gasteiger partial charge in [-0.15, -0.1) is 4.91 Å². The zero-order chi connectivity index (χ0) is 16.7. The minimum absolute atomic E-state index is 0.0329. The summed E-state index contributed by atoms with van der Waals surface area (Å²) in [5.41, 5.74) is 1.37. The number of pyridine rings is 1. The first-order valence-electron chi connectivity index (χ1n) is 7.00. The topological polar surface area (TPSA) is 98.0 Å². The maximum atomic E-state index is 12.1. The van der Waals surface area contributed by atoms with Crippen LogP contribution in [0, 0.1) is 4.91 Å². The third-order valence-corrected chi connectivity index (χ3v) is 4.06. The summed E-state index contributed by atoms with van der Waals surface area (Å²) in [6.07, 6.45) is 1.99. The highest BCUT2D eigenvalue weighted by Gasteiger charge is 2.25. The highest BCUT2D eigenvalue weighted by Crippen LogP contribution is 2.40. The van der Waals surface area contributed by atoms with Crippen molar-refractivity contribution < 1.29 is 14.6 Å². The number of phenolic OH excluding ortho intramolecular Hbond substituents is 1. The monoisotopic (exact) mass is 314 g/mol. The maximum Gasteiger partial charge on any atom is 0.322 e. The van der Waals surface area contributed by atoms with Gasteiger partial charge in [0.2, 0.25) is 0 Å². The Morgan fingerprint density at radius 3 is 2.78 bits per heavy atom. The van der Waals surface area contributed by atoms with Crippen LogP contribution in [0.3, 0.4) is 0 Å². The van der Waals surface area contributed by atoms with Crippen molar-refractivity contribution in [3.8, 4) is 22.8 Å². The average molecular weight is 314 g/mol. The van der Waals surface area contributed by atoms with Crippen LogP contribution in [0.1, 0.15) is 28.9 Å². The van der Waals surface area contributed by atoms with Crippen LogP contribution in [0.25, 0.3) is 11.3 Å². The van der Waals surface area contributed by atoms with E-state index in [-0.39, 0.29) is 17.4 Å². The Morgan fingerprint density at radius 1 is 1.39 bits per heavy atom. The molecule has 1 aromatic heterocycles. The van der Waals surface area contributed by atoms with E-state index in [0.717, 1.165) is 5.56 Å². The van der Waals surface area contributed by atoms with Crippen LogP contribution < -0.4 is 10.2 Å². The number of nitrogens with zero attached hydrogens (tertiary/aromatic N) is 2. The van der Waals surface area contributed by atoms with Gasteiger partial charge in [0, 0.05) is 29.0 Å². The molecule has 0 saturated carbocycles. The second-order valence-corrected chi connectivity index (χ2v) is 5.47. The normalized spacial score (nSPS) is 15.5. The summed E-state index contributed by atoms with van der Waals surface area (Å²) in [6.45, 7) is 1.93. The number of rotatable bonds is 2. The Kier molecular flexibility index (Phi) is 3.48. The van der Waals surface area contributed by atoms with Gasteiger partial charge in [0.25, 0.3) is 0 Å². The smallest absolute Gasteiger partial charge is 0.322 e. The summed E-state index contributed by atoms with van der Waals surface area (Å²) in [6, 6.07) is 4.52. The third-order valence-electron chi connectivity index (χ3n) is 4.06. The van der Waals surface area contributed by atoms with E-state index in [4.69, 9.17) is 4.74 Å². The molecule has 23 heavy (non-hydrogen) atoms. The molecule has 1 N–H and O–H groups in total. The summed E-state index contributed by atoms with van der Waals surface area (Å²) < 4.78 is 6.86. The van der Waals surface area contributed by atoms with E-state index in [1.807, 2.05) is 6.92 Å². The van der Waals surface area contributed by atoms with Gasteiger partial charge in [-0.3, -0.25) is 9.59 Å². The summed E-state index contributed by atoms with van der Waals surface area (Å²) in [5.74, 6) is -0.751. The van der Waals surface area contributed by atoms with Crippen LogP contribution in [0.15, 0.2) is 34.4 Å². The molecule has 2 aromatic rings. The molecule has 0 aliphatic carbocycles. The quantitative estimate of drug-likeness (QED) is 0.857. The number of benzene rings is 1. The van der Waals surface area contributed by atoms with Crippen molar-refractivity contribution in [2.75, 3.05) is 7.11 Å². The number of aromatic hydroxyl groups is 1. The van der Waals surface area contributed by atoms with E-state index in [1.54, 1.807) is 10.6 Å². The first-order chi connectivity index (χ1) is 11.0. The molecule has 0 saturated heterocycles. The fourth-order valence-corrected chi connectivity index (χ4v) is 2.94. The van der Waals surface area contributed by atoms with Crippen molar-refractivity contribution in [1.82, 2.24) is 4.57 Å². The van der Waals surface area contributed by atoms with Gasteiger partial charge in [0.15, 0.2) is 16.9 Å². The minimum atomic E-state index is -1.08. The Morgan fingerprint density at radius 2 is 2.13 bits per heavy atom. The average Bonchev–Trinajstić information content (AvgIpc) is 2.54. The van der Waals surface area contributed by atoms with Crippen LogP contribution in [0.4, 0.5) is 0 Å². The molecule has 0 unspecified atom stereocenters. The van der Waals surface area contributed by atoms with E-state index in [0.29, 0.717) is 23.4 Å². The largest absolute Gasteiger partial charge is 0.504 e. The van der Waals surface area contributed by atoms with E-state index in [2.05, 4.69) is 5.18 Å². The fraction of sp³-hybridized carbons (Fsp3) is 0.250. The molecule has 7 heteroatoms. The van der Waals surface area contributed by atoms with Gasteiger partial charge in [-0.1, -0.05) is 0 Å². The van der Waals surface area contributed by atoms with Crippen molar-refractivity contribution in [2.24, 2.45) is 5.18 Å². The summed E-state index contributed by atoms with van der Waals surface area (Å²) in [4.78, 5) is 34.0. The van der Waals surface area contributed by atoms with Gasteiger partial charge in [-0.05, 0) is 31.0 Å². The SMILES string of the molecule is COc1cc2c(cc1O)-c1cc(=O)c(C(=O)N=O)cn1[C@@H](C)C2. The number of ether oxygens (including phenoxy) is 1. The van der Waals surface area contributed by atoms with Crippen LogP contribution in [0.2, 0.25) is 0 Å². The predicted molar refractivity (Wildman–Crippen MR) is 82.9 cm³/mol. The van der Waals surface area contributed by atoms with Gasteiger partial charge in [-0.2, -0.15) is 0 Å². The molecular formula is C16H14N2O5. The first kappa shape index (κ1) is 15.0. The number of hydrogen-bond donors (Lipinski definition) is 1. The van der Waals surface area contributed by atoms with Gasteiger partial charge in [0.05, 0.1) is 12.8 Å². The molecule has 1 aliphatic heterocycles. The Hall–Kier alpha value is -2.96. The second-order valence-electron chi connectivity index (χ2n) is 5.47. The number of amides is 1. The minimum Gasteiger partial charge on any atom is -0.504 e. The number of carbonyl (C=O) groups is 1. The molecular weight excluding hydrogens is 300 g/mol. The van der Waals surface area contributed by atoms with Crippen molar-refractivity contribution in [3.05, 3.63) is 50.7 Å². The van der Waals surface area contributed by atoms with Crippen LogP contribution in [0.5, 0.6) is 11.5 Å². The summed E-state index contributed by atoms with van der Waals surface area (Å²) >= 11 is 0. The molecule has 1 aromatic carbocycles. The fourth-order valence-electron chi connectivity index (χ4n) is 2.94. The molecule has 0 radical (unpaired) electrons. The molecule has 3 rings (SSSR count). The molecule has 118 valence electrons. The van der Waals surface area contributed by atoms with Gasteiger partial charge >= 0.3 is 5.91 Å². The molecule has 1 aliphatic rings. The second kappa shape index (κ2) is 5.35. The predicted octanol–water partition coefficient (Wildman–Crippen LogP) is 2.25. The number of hydrogen-bond acceptors (Lipinski definition) is 5. The number of aromatic nitrogens is 1. The van der Waals surface area contributed by atoms with Crippen molar-refractivity contribution in [3.63, 3.8) is 0 Å². The molecule has 0 spiro atoms. The van der Waals surface area contributed by atoms with Crippen LogP contribution in [-0.4, -0.2) is 22.7 Å². The zero-order valence-corrected chi connectivity index (χ0v) is 12.6. The first-order valence-corrected chi connectivity index (χ1v) is 7.00. The summed E-state index contributed by atoms with van der Waals surface area (Å²) in [5, 5.41) is 12.3. The standard InChI is InChI=1S/C16H14N2O5/c1-8-3-9-4-15(23-2)14(20)5-10(9)12-6-13(19)11(7-18(8)12)16(21)17-22/h4-8,20H,3H2,1-2H3/t8-/m0/s1. The highest BCUT2D eigenvalue weighted by molar-refractivity contribution is 5.94. The van der Waals surface area contributed by atoms with Gasteiger partial charge < -0.3 is 14.4 Å². The number of nitroso groups, excluding NO2 is 1. The van der Waals surface area contributed by atoms with E-state index < -0.39 is 11.3 Å².